The molecule has 2 aliphatic carbocycles. The quantitative estimate of drug-likeness (QED) is 0.209. The molecule has 11 heteroatoms. The van der Waals surface area contributed by atoms with Crippen molar-refractivity contribution in [3.63, 3.8) is 0 Å². The first-order chi connectivity index (χ1) is 20.2. The first-order valence-corrected chi connectivity index (χ1v) is 15.0. The number of aromatic carboxylic acids is 1. The Morgan fingerprint density at radius 3 is 2.62 bits per heavy atom. The third kappa shape index (κ3) is 6.32. The highest BCUT2D eigenvalue weighted by atomic mass is 32.1. The summed E-state index contributed by atoms with van der Waals surface area (Å²) in [4.78, 5) is 15.6. The van der Waals surface area contributed by atoms with Gasteiger partial charge in [0, 0.05) is 23.0 Å². The summed E-state index contributed by atoms with van der Waals surface area (Å²) in [6, 6.07) is 8.95. The van der Waals surface area contributed by atoms with Crippen molar-refractivity contribution < 1.29 is 37.4 Å². The van der Waals surface area contributed by atoms with E-state index in [9.17, 15) is 23.1 Å². The van der Waals surface area contributed by atoms with E-state index in [1.54, 1.807) is 18.2 Å². The second-order valence-corrected chi connectivity index (χ2v) is 12.0. The van der Waals surface area contributed by atoms with E-state index < -0.39 is 18.4 Å². The molecule has 0 spiro atoms. The lowest BCUT2D eigenvalue weighted by molar-refractivity contribution is -0.0494. The highest BCUT2D eigenvalue weighted by Crippen LogP contribution is 2.46. The molecular formula is C31H33F3N2O5S. The smallest absolute Gasteiger partial charge is 0.387 e. The molecule has 2 aromatic heterocycles. The van der Waals surface area contributed by atoms with Gasteiger partial charge >= 0.3 is 12.6 Å². The molecule has 7 nitrogen and oxygen atoms in total. The first-order valence-electron chi connectivity index (χ1n) is 14.2. The van der Waals surface area contributed by atoms with Gasteiger partial charge in [-0.3, -0.25) is 0 Å². The summed E-state index contributed by atoms with van der Waals surface area (Å²) in [7, 11) is 0. The molecule has 0 amide bonds. The van der Waals surface area contributed by atoms with Crippen LogP contribution in [0.25, 0.3) is 21.5 Å². The number of aliphatic hydroxyl groups is 1. The summed E-state index contributed by atoms with van der Waals surface area (Å²) >= 11 is 1.46. The normalized spacial score (nSPS) is 20.4. The molecule has 4 aromatic rings. The molecule has 0 radical (unpaired) electrons. The monoisotopic (exact) mass is 602 g/mol. The number of thiazole rings is 1. The van der Waals surface area contributed by atoms with Crippen molar-refractivity contribution in [3.05, 3.63) is 64.1 Å². The SMILES string of the molecule is CCC1CCCC(C)C1c1nc2c(F)cc(C(=O)O)cc2s1.OCc1c(-c2ccccc2OC(F)F)noc1C1CC1. The number of hydrogen-bond donors (Lipinski definition) is 2. The molecule has 6 rings (SSSR count). The predicted octanol–water partition coefficient (Wildman–Crippen LogP) is 8.38. The van der Waals surface area contributed by atoms with Crippen molar-refractivity contribution in [2.45, 2.75) is 77.4 Å². The number of fused-ring (bicyclic) bond motifs is 1. The third-order valence-electron chi connectivity index (χ3n) is 8.16. The Morgan fingerprint density at radius 2 is 1.95 bits per heavy atom. The maximum atomic E-state index is 14.1. The van der Waals surface area contributed by atoms with Gasteiger partial charge in [-0.15, -0.1) is 11.3 Å². The minimum absolute atomic E-state index is 0.0102. The summed E-state index contributed by atoms with van der Waals surface area (Å²) in [6.45, 7) is 1.29. The summed E-state index contributed by atoms with van der Waals surface area (Å²) < 4.78 is 49.4. The Labute approximate surface area is 245 Å². The van der Waals surface area contributed by atoms with Gasteiger partial charge in [0.15, 0.2) is 5.82 Å². The van der Waals surface area contributed by atoms with Gasteiger partial charge in [-0.2, -0.15) is 8.78 Å². The molecule has 224 valence electrons. The number of para-hydroxylation sites is 1. The second-order valence-electron chi connectivity index (χ2n) is 10.9. The fourth-order valence-electron chi connectivity index (χ4n) is 5.91. The maximum Gasteiger partial charge on any atom is 0.387 e. The number of carboxylic acid groups (broad SMARTS) is 1. The number of nitrogens with zero attached hydrogens (tertiary/aromatic N) is 2. The lowest BCUT2D eigenvalue weighted by Gasteiger charge is -2.34. The predicted molar refractivity (Wildman–Crippen MR) is 153 cm³/mol. The van der Waals surface area contributed by atoms with Crippen LogP contribution in [0.5, 0.6) is 5.75 Å². The fourth-order valence-corrected chi connectivity index (χ4v) is 7.26. The van der Waals surface area contributed by atoms with Crippen LogP contribution < -0.4 is 4.74 Å². The summed E-state index contributed by atoms with van der Waals surface area (Å²) in [5, 5.41) is 23.5. The van der Waals surface area contributed by atoms with Gasteiger partial charge in [-0.1, -0.05) is 50.4 Å². The molecular weight excluding hydrogens is 569 g/mol. The van der Waals surface area contributed by atoms with Crippen LogP contribution in [0.4, 0.5) is 13.2 Å². The number of hydrogen-bond acceptors (Lipinski definition) is 7. The fraction of sp³-hybridized carbons (Fsp3) is 0.452. The Morgan fingerprint density at radius 1 is 1.19 bits per heavy atom. The number of alkyl halides is 2. The molecule has 2 aromatic carbocycles. The molecule has 3 unspecified atom stereocenters. The zero-order chi connectivity index (χ0) is 30.0. The largest absolute Gasteiger partial charge is 0.478 e. The van der Waals surface area contributed by atoms with E-state index in [-0.39, 0.29) is 23.8 Å². The number of benzene rings is 2. The Hall–Kier alpha value is -3.44. The number of aliphatic hydroxyl groups excluding tert-OH is 1. The Bertz CT molecular complexity index is 1550. The van der Waals surface area contributed by atoms with Crippen molar-refractivity contribution >= 4 is 27.5 Å². The minimum Gasteiger partial charge on any atom is -0.478 e. The van der Waals surface area contributed by atoms with Crippen molar-refractivity contribution in [1.29, 1.82) is 0 Å². The average molecular weight is 603 g/mol. The van der Waals surface area contributed by atoms with E-state index in [1.807, 2.05) is 0 Å². The third-order valence-corrected chi connectivity index (χ3v) is 9.26. The number of aromatic nitrogens is 2. The van der Waals surface area contributed by atoms with E-state index in [2.05, 4.69) is 28.7 Å². The van der Waals surface area contributed by atoms with E-state index in [1.165, 1.54) is 42.7 Å². The van der Waals surface area contributed by atoms with E-state index in [0.717, 1.165) is 30.3 Å². The molecule has 0 bridgehead atoms. The number of ether oxygens (including phenoxy) is 1. The standard InChI is InChI=1S/C17H20FNO2S.C14H13F2NO3/c1-3-10-6-4-5-9(2)14(10)16-19-15-12(18)7-11(17(20)21)8-13(15)22-16;15-14(16)19-11-4-2-1-3-9(11)12-10(7-18)13(20-17-12)8-5-6-8/h7-10,14H,3-6H2,1-2H3,(H,20,21);1-4,8,14,18H,5-7H2. The Kier molecular flexibility index (Phi) is 9.17. The highest BCUT2D eigenvalue weighted by Gasteiger charge is 2.34. The van der Waals surface area contributed by atoms with Crippen LogP contribution in [0.3, 0.4) is 0 Å². The van der Waals surface area contributed by atoms with Crippen LogP contribution >= 0.6 is 11.3 Å². The molecule has 0 saturated heterocycles. The first kappa shape index (κ1) is 30.0. The van der Waals surface area contributed by atoms with Gasteiger partial charge < -0.3 is 19.5 Å². The van der Waals surface area contributed by atoms with Crippen LogP contribution in [0.1, 0.15) is 90.9 Å². The number of rotatable bonds is 8. The minimum atomic E-state index is -2.91. The highest BCUT2D eigenvalue weighted by molar-refractivity contribution is 7.18. The summed E-state index contributed by atoms with van der Waals surface area (Å²) in [6.07, 6.45) is 6.73. The molecule has 3 atom stereocenters. The van der Waals surface area contributed by atoms with Crippen LogP contribution in [0.15, 0.2) is 40.9 Å². The van der Waals surface area contributed by atoms with E-state index in [4.69, 9.17) is 9.63 Å². The van der Waals surface area contributed by atoms with Crippen molar-refractivity contribution in [2.24, 2.45) is 11.8 Å². The van der Waals surface area contributed by atoms with E-state index >= 15 is 0 Å². The zero-order valence-electron chi connectivity index (χ0n) is 23.4. The van der Waals surface area contributed by atoms with Gasteiger partial charge in [0.2, 0.25) is 0 Å². The number of carboxylic acids is 1. The average Bonchev–Trinajstić information content (AvgIpc) is 3.57. The lowest BCUT2D eigenvalue weighted by Crippen LogP contribution is -2.24. The van der Waals surface area contributed by atoms with Gasteiger partial charge in [-0.25, -0.2) is 14.2 Å². The molecule has 42 heavy (non-hydrogen) atoms. The number of carbonyl (C=O) groups is 1. The molecule has 2 N–H and O–H groups in total. The molecule has 2 heterocycles. The molecule has 2 fully saturated rings. The molecule has 2 saturated carbocycles. The molecule has 0 aliphatic heterocycles. The zero-order valence-corrected chi connectivity index (χ0v) is 24.2. The lowest BCUT2D eigenvalue weighted by atomic mass is 9.72. The summed E-state index contributed by atoms with van der Waals surface area (Å²) in [5.74, 6) is 0.808. The van der Waals surface area contributed by atoms with Crippen molar-refractivity contribution in [1.82, 2.24) is 10.1 Å². The summed E-state index contributed by atoms with van der Waals surface area (Å²) in [5.41, 5.74) is 1.62. The van der Waals surface area contributed by atoms with Gasteiger partial charge in [0.05, 0.1) is 21.9 Å². The van der Waals surface area contributed by atoms with Gasteiger partial charge in [0.25, 0.3) is 0 Å². The van der Waals surface area contributed by atoms with Crippen molar-refractivity contribution in [2.75, 3.05) is 0 Å². The van der Waals surface area contributed by atoms with Gasteiger partial charge in [0.1, 0.15) is 22.7 Å². The van der Waals surface area contributed by atoms with Crippen LogP contribution in [0, 0.1) is 17.7 Å². The molecule has 2 aliphatic rings. The topological polar surface area (TPSA) is 106 Å². The van der Waals surface area contributed by atoms with Crippen LogP contribution in [-0.4, -0.2) is 32.9 Å². The van der Waals surface area contributed by atoms with Gasteiger partial charge in [-0.05, 0) is 55.4 Å². The number of halogens is 3. The van der Waals surface area contributed by atoms with Crippen LogP contribution in [0.2, 0.25) is 0 Å². The Balaban J connectivity index is 0.000000169. The maximum absolute atomic E-state index is 14.1. The van der Waals surface area contributed by atoms with Crippen molar-refractivity contribution in [3.8, 4) is 17.0 Å². The van der Waals surface area contributed by atoms with Crippen LogP contribution in [-0.2, 0) is 6.61 Å². The second kappa shape index (κ2) is 12.8. The van der Waals surface area contributed by atoms with E-state index in [0.29, 0.717) is 50.6 Å².